The predicted molar refractivity (Wildman–Crippen MR) is 93.9 cm³/mol. The number of hydrogen-bond acceptors (Lipinski definition) is 5. The van der Waals surface area contributed by atoms with Crippen LogP contribution in [0.25, 0.3) is 0 Å². The summed E-state index contributed by atoms with van der Waals surface area (Å²) in [5.41, 5.74) is 2.17. The van der Waals surface area contributed by atoms with Gasteiger partial charge in [-0.1, -0.05) is 0 Å². The molecule has 4 rings (SSSR count). The van der Waals surface area contributed by atoms with Crippen LogP contribution in [0, 0.1) is 5.92 Å². The van der Waals surface area contributed by atoms with Gasteiger partial charge in [0.1, 0.15) is 0 Å². The van der Waals surface area contributed by atoms with Gasteiger partial charge in [0, 0.05) is 38.9 Å². The second-order valence-electron chi connectivity index (χ2n) is 7.42. The molecule has 4 heterocycles. The summed E-state index contributed by atoms with van der Waals surface area (Å²) in [6.07, 6.45) is 4.31. The summed E-state index contributed by atoms with van der Waals surface area (Å²) in [4.78, 5) is 15.1. The van der Waals surface area contributed by atoms with Crippen molar-refractivity contribution in [2.75, 3.05) is 32.8 Å². The van der Waals surface area contributed by atoms with E-state index >= 15 is 0 Å². The Hall–Kier alpha value is -1.44. The number of carbonyl (C=O) groups is 1. The molecule has 1 aromatic heterocycles. The molecule has 7 nitrogen and oxygen atoms in total. The first-order valence-electron chi connectivity index (χ1n) is 9.65. The molecule has 1 unspecified atom stereocenters. The molecule has 1 atom stereocenters. The van der Waals surface area contributed by atoms with E-state index in [0.29, 0.717) is 12.6 Å². The zero-order valence-corrected chi connectivity index (χ0v) is 14.9. The van der Waals surface area contributed by atoms with Gasteiger partial charge in [0.05, 0.1) is 30.4 Å². The lowest BCUT2D eigenvalue weighted by Gasteiger charge is -2.39. The van der Waals surface area contributed by atoms with Crippen LogP contribution in [-0.4, -0.2) is 59.5 Å². The lowest BCUT2D eigenvalue weighted by atomic mass is 9.94. The number of likely N-dealkylation sites (tertiary alicyclic amines) is 1. The maximum Gasteiger partial charge on any atom is 0.224 e. The maximum atomic E-state index is 12.6. The smallest absolute Gasteiger partial charge is 0.224 e. The number of amides is 1. The first kappa shape index (κ1) is 17.0. The second kappa shape index (κ2) is 7.85. The van der Waals surface area contributed by atoms with Gasteiger partial charge in [-0.25, -0.2) is 0 Å². The van der Waals surface area contributed by atoms with Crippen molar-refractivity contribution in [2.45, 2.75) is 51.4 Å². The van der Waals surface area contributed by atoms with Crippen molar-refractivity contribution in [1.82, 2.24) is 25.3 Å². The Labute approximate surface area is 149 Å². The third-order valence-electron chi connectivity index (χ3n) is 5.69. The Morgan fingerprint density at radius 2 is 2.20 bits per heavy atom. The van der Waals surface area contributed by atoms with E-state index in [4.69, 9.17) is 4.74 Å². The summed E-state index contributed by atoms with van der Waals surface area (Å²) < 4.78 is 7.51. The SMILES string of the molecule is O=C(NCc1cc2n(n1)CCNC2)C1CCCN(C2CCOCC2)C1. The first-order chi connectivity index (χ1) is 12.3. The third-order valence-corrected chi connectivity index (χ3v) is 5.69. The minimum absolute atomic E-state index is 0.107. The average Bonchev–Trinajstić information content (AvgIpc) is 3.10. The molecule has 0 bridgehead atoms. The first-order valence-corrected chi connectivity index (χ1v) is 9.65. The predicted octanol–water partition coefficient (Wildman–Crippen LogP) is 0.494. The van der Waals surface area contributed by atoms with Crippen LogP contribution < -0.4 is 10.6 Å². The minimum Gasteiger partial charge on any atom is -0.381 e. The number of aromatic nitrogens is 2. The van der Waals surface area contributed by atoms with Crippen molar-refractivity contribution >= 4 is 5.91 Å². The minimum atomic E-state index is 0.107. The van der Waals surface area contributed by atoms with Gasteiger partial charge in [-0.3, -0.25) is 14.4 Å². The van der Waals surface area contributed by atoms with Crippen molar-refractivity contribution in [3.63, 3.8) is 0 Å². The molecule has 0 spiro atoms. The van der Waals surface area contributed by atoms with Crippen molar-refractivity contribution in [1.29, 1.82) is 0 Å². The highest BCUT2D eigenvalue weighted by Crippen LogP contribution is 2.23. The highest BCUT2D eigenvalue weighted by molar-refractivity contribution is 5.78. The van der Waals surface area contributed by atoms with Crippen molar-refractivity contribution in [3.8, 4) is 0 Å². The Balaban J connectivity index is 1.29. The van der Waals surface area contributed by atoms with Gasteiger partial charge in [0.2, 0.25) is 5.91 Å². The fourth-order valence-corrected chi connectivity index (χ4v) is 4.26. The molecule has 2 fully saturated rings. The Bertz CT molecular complexity index is 573. The van der Waals surface area contributed by atoms with Crippen LogP contribution in [0.5, 0.6) is 0 Å². The molecule has 0 aromatic carbocycles. The molecule has 0 aliphatic carbocycles. The molecule has 2 saturated heterocycles. The van der Waals surface area contributed by atoms with E-state index in [1.807, 2.05) is 4.68 Å². The number of fused-ring (bicyclic) bond motifs is 1. The average molecular weight is 347 g/mol. The maximum absolute atomic E-state index is 12.6. The van der Waals surface area contributed by atoms with Gasteiger partial charge in [-0.2, -0.15) is 5.10 Å². The molecule has 1 amide bonds. The van der Waals surface area contributed by atoms with Gasteiger partial charge in [0.15, 0.2) is 0 Å². The molecule has 3 aliphatic rings. The van der Waals surface area contributed by atoms with Crippen molar-refractivity contribution < 1.29 is 9.53 Å². The Morgan fingerprint density at radius 1 is 1.32 bits per heavy atom. The van der Waals surface area contributed by atoms with Crippen LogP contribution in [0.4, 0.5) is 0 Å². The summed E-state index contributed by atoms with van der Waals surface area (Å²) in [6, 6.07) is 2.69. The monoisotopic (exact) mass is 347 g/mol. The summed E-state index contributed by atoms with van der Waals surface area (Å²) >= 11 is 0. The number of carbonyl (C=O) groups excluding carboxylic acids is 1. The standard InChI is InChI=1S/C18H29N5O2/c24-18(20-11-15-10-17-12-19-5-7-23(17)21-15)14-2-1-6-22(13-14)16-3-8-25-9-4-16/h10,14,16,19H,1-9,11-13H2,(H,20,24). The third kappa shape index (κ3) is 4.04. The zero-order chi connectivity index (χ0) is 17.1. The van der Waals surface area contributed by atoms with E-state index in [-0.39, 0.29) is 11.8 Å². The molecule has 7 heteroatoms. The molecule has 0 saturated carbocycles. The van der Waals surface area contributed by atoms with Gasteiger partial charge < -0.3 is 15.4 Å². The number of ether oxygens (including phenoxy) is 1. The lowest BCUT2D eigenvalue weighted by Crippen LogP contribution is -2.48. The fourth-order valence-electron chi connectivity index (χ4n) is 4.26. The summed E-state index contributed by atoms with van der Waals surface area (Å²) in [6.45, 7) is 7.00. The molecule has 1 aromatic rings. The molecular formula is C18H29N5O2. The number of rotatable bonds is 4. The number of nitrogens with zero attached hydrogens (tertiary/aromatic N) is 3. The van der Waals surface area contributed by atoms with E-state index in [0.717, 1.165) is 77.3 Å². The van der Waals surface area contributed by atoms with Gasteiger partial charge >= 0.3 is 0 Å². The van der Waals surface area contributed by atoms with Crippen molar-refractivity contribution in [3.05, 3.63) is 17.5 Å². The molecule has 0 radical (unpaired) electrons. The van der Waals surface area contributed by atoms with Crippen molar-refractivity contribution in [2.24, 2.45) is 5.92 Å². The Kier molecular flexibility index (Phi) is 5.33. The van der Waals surface area contributed by atoms with E-state index in [1.54, 1.807) is 0 Å². The van der Waals surface area contributed by atoms with Crippen LogP contribution in [0.1, 0.15) is 37.1 Å². The van der Waals surface area contributed by atoms with Gasteiger partial charge in [0.25, 0.3) is 0 Å². The zero-order valence-electron chi connectivity index (χ0n) is 14.9. The molecule has 3 aliphatic heterocycles. The largest absolute Gasteiger partial charge is 0.381 e. The molecule has 25 heavy (non-hydrogen) atoms. The lowest BCUT2D eigenvalue weighted by molar-refractivity contribution is -0.127. The molecule has 2 N–H and O–H groups in total. The topological polar surface area (TPSA) is 71.4 Å². The van der Waals surface area contributed by atoms with Gasteiger partial charge in [-0.15, -0.1) is 0 Å². The number of piperidine rings is 1. The van der Waals surface area contributed by atoms with Crippen LogP contribution in [0.15, 0.2) is 6.07 Å². The Morgan fingerprint density at radius 3 is 3.04 bits per heavy atom. The van der Waals surface area contributed by atoms with E-state index in [9.17, 15) is 4.79 Å². The van der Waals surface area contributed by atoms with Gasteiger partial charge in [-0.05, 0) is 38.3 Å². The molecule has 138 valence electrons. The van der Waals surface area contributed by atoms with Crippen LogP contribution in [0.3, 0.4) is 0 Å². The fraction of sp³-hybridized carbons (Fsp3) is 0.778. The van der Waals surface area contributed by atoms with E-state index in [2.05, 4.69) is 26.7 Å². The summed E-state index contributed by atoms with van der Waals surface area (Å²) in [5.74, 6) is 0.288. The second-order valence-corrected chi connectivity index (χ2v) is 7.42. The van der Waals surface area contributed by atoms with Crippen LogP contribution in [-0.2, 0) is 29.2 Å². The van der Waals surface area contributed by atoms with E-state index in [1.165, 1.54) is 5.69 Å². The molecular weight excluding hydrogens is 318 g/mol. The quantitative estimate of drug-likeness (QED) is 0.830. The van der Waals surface area contributed by atoms with Crippen LogP contribution in [0.2, 0.25) is 0 Å². The number of hydrogen-bond donors (Lipinski definition) is 2. The highest BCUT2D eigenvalue weighted by Gasteiger charge is 2.30. The van der Waals surface area contributed by atoms with Crippen LogP contribution >= 0.6 is 0 Å². The normalized spacial score (nSPS) is 25.5. The summed E-state index contributed by atoms with van der Waals surface area (Å²) in [5, 5.41) is 11.1. The highest BCUT2D eigenvalue weighted by atomic mass is 16.5. The summed E-state index contributed by atoms with van der Waals surface area (Å²) in [7, 11) is 0. The number of nitrogens with one attached hydrogen (secondary N) is 2. The van der Waals surface area contributed by atoms with E-state index < -0.39 is 0 Å².